The lowest BCUT2D eigenvalue weighted by Gasteiger charge is -2.10. The van der Waals surface area contributed by atoms with Gasteiger partial charge in [0, 0.05) is 11.6 Å². The number of ketones is 1. The van der Waals surface area contributed by atoms with Gasteiger partial charge in [0.05, 0.1) is 28.8 Å². The maximum atomic E-state index is 13.0. The van der Waals surface area contributed by atoms with Crippen LogP contribution in [0.2, 0.25) is 0 Å². The summed E-state index contributed by atoms with van der Waals surface area (Å²) in [6.07, 6.45) is 3.55. The van der Waals surface area contributed by atoms with Gasteiger partial charge in [-0.1, -0.05) is 25.1 Å². The zero-order valence-corrected chi connectivity index (χ0v) is 18.3. The number of imidazole rings is 1. The average Bonchev–Trinajstić information content (AvgIpc) is 3.35. The molecule has 162 valence electrons. The minimum Gasteiger partial charge on any atom is -0.318 e. The van der Waals surface area contributed by atoms with Crippen molar-refractivity contribution < 1.29 is 14.4 Å². The second-order valence-corrected chi connectivity index (χ2v) is 7.85. The van der Waals surface area contributed by atoms with Crippen LogP contribution in [-0.4, -0.2) is 36.5 Å². The van der Waals surface area contributed by atoms with Crippen LogP contribution in [0.3, 0.4) is 0 Å². The van der Waals surface area contributed by atoms with E-state index in [4.69, 9.17) is 0 Å². The van der Waals surface area contributed by atoms with Gasteiger partial charge in [-0.3, -0.25) is 19.4 Å². The van der Waals surface area contributed by atoms with E-state index in [1.54, 1.807) is 18.3 Å². The number of Topliss-reactive ketones (excluding diaryl/α,β-unsaturated/α-hetero) is 1. The number of amides is 2. The molecule has 0 saturated carbocycles. The lowest BCUT2D eigenvalue weighted by atomic mass is 10.2. The van der Waals surface area contributed by atoms with E-state index in [2.05, 4.69) is 25.0 Å². The minimum absolute atomic E-state index is 0.0272. The second-order valence-electron chi connectivity index (χ2n) is 7.05. The first-order valence-electron chi connectivity index (χ1n) is 9.94. The number of fused-ring (bicyclic) bond motifs is 1. The molecule has 2 N–H and O–H groups in total. The van der Waals surface area contributed by atoms with Crippen molar-refractivity contribution in [1.29, 1.82) is 0 Å². The Morgan fingerprint density at radius 1 is 1.06 bits per heavy atom. The Morgan fingerprint density at radius 2 is 1.88 bits per heavy atom. The number of nitrogens with zero attached hydrogens (tertiary/aromatic N) is 4. The lowest BCUT2D eigenvalue weighted by Crippen LogP contribution is -2.21. The van der Waals surface area contributed by atoms with Gasteiger partial charge in [-0.05, 0) is 43.1 Å². The van der Waals surface area contributed by atoms with Crippen molar-refractivity contribution >= 4 is 50.7 Å². The lowest BCUT2D eigenvalue weighted by molar-refractivity contribution is -0.117. The van der Waals surface area contributed by atoms with Gasteiger partial charge >= 0.3 is 0 Å². The summed E-state index contributed by atoms with van der Waals surface area (Å²) in [5.41, 5.74) is 1.35. The molecule has 0 aliphatic heterocycles. The van der Waals surface area contributed by atoms with E-state index >= 15 is 0 Å². The Hall–Kier alpha value is -3.92. The smallest absolute Gasteiger partial charge is 0.291 e. The highest BCUT2D eigenvalue weighted by Crippen LogP contribution is 2.25. The van der Waals surface area contributed by atoms with Crippen molar-refractivity contribution in [2.75, 3.05) is 10.6 Å². The summed E-state index contributed by atoms with van der Waals surface area (Å²) in [5.74, 6) is -0.820. The largest absolute Gasteiger partial charge is 0.318 e. The third-order valence-electron chi connectivity index (χ3n) is 4.74. The predicted octanol–water partition coefficient (Wildman–Crippen LogP) is 3.54. The number of hydrogen-bond donors (Lipinski definition) is 2. The first kappa shape index (κ1) is 21.3. The van der Waals surface area contributed by atoms with Crippen LogP contribution in [0.4, 0.5) is 11.5 Å². The molecule has 0 saturated heterocycles. The van der Waals surface area contributed by atoms with E-state index in [0.29, 0.717) is 17.8 Å². The normalized spacial score (nSPS) is 10.8. The van der Waals surface area contributed by atoms with Crippen LogP contribution >= 0.6 is 11.5 Å². The SMILES string of the molecule is CCc1c(NC(=O)c2nsc3ccccc23)nc(C(=O)Nc2cccnc2)n1CC(C)=O. The highest BCUT2D eigenvalue weighted by molar-refractivity contribution is 7.13. The summed E-state index contributed by atoms with van der Waals surface area (Å²) in [6.45, 7) is 3.26. The summed E-state index contributed by atoms with van der Waals surface area (Å²) in [5, 5.41) is 6.24. The fourth-order valence-corrected chi connectivity index (χ4v) is 4.12. The average molecular weight is 449 g/mol. The molecule has 0 fully saturated rings. The van der Waals surface area contributed by atoms with Crippen LogP contribution < -0.4 is 10.6 Å². The molecule has 0 unspecified atom stereocenters. The van der Waals surface area contributed by atoms with Gasteiger partial charge in [-0.2, -0.15) is 4.37 Å². The number of rotatable bonds is 7. The molecule has 0 aliphatic carbocycles. The maximum absolute atomic E-state index is 13.0. The van der Waals surface area contributed by atoms with Gasteiger partial charge in [0.15, 0.2) is 5.82 Å². The number of hydrogen-bond acceptors (Lipinski definition) is 7. The van der Waals surface area contributed by atoms with Gasteiger partial charge in [0.25, 0.3) is 11.8 Å². The molecule has 4 aromatic rings. The number of anilines is 2. The molecule has 2 amide bonds. The first-order valence-corrected chi connectivity index (χ1v) is 10.7. The van der Waals surface area contributed by atoms with E-state index in [-0.39, 0.29) is 29.7 Å². The Morgan fingerprint density at radius 3 is 2.59 bits per heavy atom. The third kappa shape index (κ3) is 4.26. The highest BCUT2D eigenvalue weighted by atomic mass is 32.1. The number of carbonyl (C=O) groups is 3. The molecule has 0 bridgehead atoms. The quantitative estimate of drug-likeness (QED) is 0.446. The molecule has 0 radical (unpaired) electrons. The van der Waals surface area contributed by atoms with Crippen LogP contribution in [-0.2, 0) is 17.8 Å². The molecule has 0 atom stereocenters. The molecule has 3 aromatic heterocycles. The van der Waals surface area contributed by atoms with Crippen LogP contribution in [0.15, 0.2) is 48.8 Å². The number of benzene rings is 1. The molecule has 9 nitrogen and oxygen atoms in total. The summed E-state index contributed by atoms with van der Waals surface area (Å²) in [7, 11) is 0. The molecule has 1 aromatic carbocycles. The monoisotopic (exact) mass is 448 g/mol. The molecule has 0 aliphatic rings. The van der Waals surface area contributed by atoms with E-state index in [1.807, 2.05) is 31.2 Å². The van der Waals surface area contributed by atoms with Gasteiger partial charge in [-0.15, -0.1) is 0 Å². The number of aromatic nitrogens is 4. The predicted molar refractivity (Wildman–Crippen MR) is 122 cm³/mol. The van der Waals surface area contributed by atoms with E-state index in [0.717, 1.165) is 10.1 Å². The molecule has 4 rings (SSSR count). The van der Waals surface area contributed by atoms with Crippen molar-refractivity contribution in [2.45, 2.75) is 26.8 Å². The zero-order chi connectivity index (χ0) is 22.7. The van der Waals surface area contributed by atoms with Gasteiger partial charge < -0.3 is 15.2 Å². The maximum Gasteiger partial charge on any atom is 0.291 e. The molecular weight excluding hydrogens is 428 g/mol. The number of carbonyl (C=O) groups excluding carboxylic acids is 3. The van der Waals surface area contributed by atoms with Crippen molar-refractivity contribution in [2.24, 2.45) is 0 Å². The van der Waals surface area contributed by atoms with Crippen LogP contribution in [0.1, 0.15) is 40.6 Å². The van der Waals surface area contributed by atoms with Crippen LogP contribution in [0.5, 0.6) is 0 Å². The first-order chi connectivity index (χ1) is 15.5. The summed E-state index contributed by atoms with van der Waals surface area (Å²) in [6, 6.07) is 10.8. The van der Waals surface area contributed by atoms with Gasteiger partial charge in [-0.25, -0.2) is 4.98 Å². The van der Waals surface area contributed by atoms with Crippen LogP contribution in [0, 0.1) is 0 Å². The van der Waals surface area contributed by atoms with E-state index in [1.165, 1.54) is 29.2 Å². The topological polar surface area (TPSA) is 119 Å². The minimum atomic E-state index is -0.506. The molecule has 32 heavy (non-hydrogen) atoms. The third-order valence-corrected chi connectivity index (χ3v) is 5.56. The Labute approximate surface area is 187 Å². The zero-order valence-electron chi connectivity index (χ0n) is 17.5. The summed E-state index contributed by atoms with van der Waals surface area (Å²) >= 11 is 1.23. The van der Waals surface area contributed by atoms with Crippen molar-refractivity contribution in [3.8, 4) is 0 Å². The Kier molecular flexibility index (Phi) is 6.04. The van der Waals surface area contributed by atoms with Crippen molar-refractivity contribution in [1.82, 2.24) is 18.9 Å². The molecular formula is C22H20N6O3S. The number of nitrogens with one attached hydrogen (secondary N) is 2. The fraction of sp³-hybridized carbons (Fsp3) is 0.182. The Bertz CT molecular complexity index is 1310. The second kappa shape index (κ2) is 9.06. The molecule has 3 heterocycles. The summed E-state index contributed by atoms with van der Waals surface area (Å²) in [4.78, 5) is 46.1. The van der Waals surface area contributed by atoms with Gasteiger partial charge in [0.1, 0.15) is 11.5 Å². The van der Waals surface area contributed by atoms with Crippen LogP contribution in [0.25, 0.3) is 10.1 Å². The fourth-order valence-electron chi connectivity index (χ4n) is 3.35. The Balaban J connectivity index is 1.69. The van der Waals surface area contributed by atoms with Crippen molar-refractivity contribution in [3.63, 3.8) is 0 Å². The molecule has 10 heteroatoms. The highest BCUT2D eigenvalue weighted by Gasteiger charge is 2.25. The standard InChI is InChI=1S/C22H20N6O3S/c1-3-16-19(26-21(30)18-15-8-4-5-9-17(15)32-27-18)25-20(28(16)12-13(2)29)22(31)24-14-7-6-10-23-11-14/h4-11H,3,12H2,1-2H3,(H,24,31)(H,26,30). The van der Waals surface area contributed by atoms with E-state index < -0.39 is 11.8 Å². The number of pyridine rings is 1. The van der Waals surface area contributed by atoms with Gasteiger partial charge in [0.2, 0.25) is 5.82 Å². The molecule has 0 spiro atoms. The van der Waals surface area contributed by atoms with E-state index in [9.17, 15) is 14.4 Å². The van der Waals surface area contributed by atoms with Crippen molar-refractivity contribution in [3.05, 3.63) is 66.0 Å². The summed E-state index contributed by atoms with van der Waals surface area (Å²) < 4.78 is 6.70.